The SMILES string of the molecule is Cc1ccccc1-c1nc(-c2ccccc2)n2ccccc12. The van der Waals surface area contributed by atoms with Crippen molar-refractivity contribution in [2.24, 2.45) is 0 Å². The Morgan fingerprint density at radius 3 is 2.32 bits per heavy atom. The van der Waals surface area contributed by atoms with Crippen LogP contribution in [0.25, 0.3) is 28.2 Å². The van der Waals surface area contributed by atoms with Gasteiger partial charge in [0.15, 0.2) is 0 Å². The molecule has 0 spiro atoms. The van der Waals surface area contributed by atoms with Gasteiger partial charge in [0, 0.05) is 17.3 Å². The van der Waals surface area contributed by atoms with Gasteiger partial charge in [0.1, 0.15) is 5.82 Å². The van der Waals surface area contributed by atoms with Gasteiger partial charge < -0.3 is 0 Å². The summed E-state index contributed by atoms with van der Waals surface area (Å²) in [6.07, 6.45) is 2.08. The zero-order valence-corrected chi connectivity index (χ0v) is 12.4. The van der Waals surface area contributed by atoms with E-state index < -0.39 is 0 Å². The van der Waals surface area contributed by atoms with Crippen LogP contribution in [0.1, 0.15) is 5.56 Å². The van der Waals surface area contributed by atoms with E-state index in [2.05, 4.69) is 66.1 Å². The van der Waals surface area contributed by atoms with Crippen LogP contribution in [-0.4, -0.2) is 9.38 Å². The van der Waals surface area contributed by atoms with Crippen molar-refractivity contribution in [3.63, 3.8) is 0 Å². The molecule has 0 aliphatic rings. The molecule has 2 heteroatoms. The topological polar surface area (TPSA) is 17.3 Å². The zero-order chi connectivity index (χ0) is 14.9. The van der Waals surface area contributed by atoms with Crippen molar-refractivity contribution in [3.05, 3.63) is 84.6 Å². The number of hydrogen-bond donors (Lipinski definition) is 0. The lowest BCUT2D eigenvalue weighted by atomic mass is 10.1. The average molecular weight is 284 g/mol. The third kappa shape index (κ3) is 2.01. The number of imidazole rings is 1. The lowest BCUT2D eigenvalue weighted by molar-refractivity contribution is 1.16. The number of aryl methyl sites for hydroxylation is 1. The average Bonchev–Trinajstić information content (AvgIpc) is 2.96. The second-order valence-corrected chi connectivity index (χ2v) is 5.42. The largest absolute Gasteiger partial charge is 0.299 e. The van der Waals surface area contributed by atoms with Crippen molar-refractivity contribution in [2.45, 2.75) is 6.92 Å². The van der Waals surface area contributed by atoms with Gasteiger partial charge in [0.25, 0.3) is 0 Å². The minimum atomic E-state index is 0.981. The molecule has 106 valence electrons. The molecule has 22 heavy (non-hydrogen) atoms. The molecule has 0 aliphatic heterocycles. The third-order valence-electron chi connectivity index (χ3n) is 3.98. The summed E-state index contributed by atoms with van der Waals surface area (Å²) in [5.74, 6) is 0.981. The van der Waals surface area contributed by atoms with Gasteiger partial charge in [-0.05, 0) is 24.6 Å². The quantitative estimate of drug-likeness (QED) is 0.507. The number of benzene rings is 2. The molecule has 0 radical (unpaired) electrons. The van der Waals surface area contributed by atoms with E-state index in [1.54, 1.807) is 0 Å². The van der Waals surface area contributed by atoms with E-state index in [-0.39, 0.29) is 0 Å². The van der Waals surface area contributed by atoms with E-state index >= 15 is 0 Å². The van der Waals surface area contributed by atoms with Crippen LogP contribution in [0.3, 0.4) is 0 Å². The Labute approximate surface area is 129 Å². The van der Waals surface area contributed by atoms with Crippen LogP contribution in [0.15, 0.2) is 79.0 Å². The van der Waals surface area contributed by atoms with Crippen LogP contribution < -0.4 is 0 Å². The standard InChI is InChI=1S/C20H16N2/c1-15-9-5-6-12-17(15)19-18-13-7-8-14-22(18)20(21-19)16-10-3-2-4-11-16/h2-14H,1H3. The summed E-state index contributed by atoms with van der Waals surface area (Å²) in [7, 11) is 0. The van der Waals surface area contributed by atoms with Crippen molar-refractivity contribution < 1.29 is 0 Å². The predicted octanol–water partition coefficient (Wildman–Crippen LogP) is 4.98. The molecule has 0 atom stereocenters. The molecule has 0 fully saturated rings. The van der Waals surface area contributed by atoms with Crippen LogP contribution in [-0.2, 0) is 0 Å². The van der Waals surface area contributed by atoms with E-state index in [9.17, 15) is 0 Å². The van der Waals surface area contributed by atoms with E-state index in [1.807, 2.05) is 24.3 Å². The summed E-state index contributed by atoms with van der Waals surface area (Å²) >= 11 is 0. The van der Waals surface area contributed by atoms with Gasteiger partial charge in [-0.3, -0.25) is 4.40 Å². The molecule has 0 saturated heterocycles. The molecule has 2 nitrogen and oxygen atoms in total. The lowest BCUT2D eigenvalue weighted by Gasteiger charge is -2.02. The first-order chi connectivity index (χ1) is 10.8. The fourth-order valence-corrected chi connectivity index (χ4v) is 2.87. The second kappa shape index (κ2) is 5.15. The van der Waals surface area contributed by atoms with E-state index in [1.165, 1.54) is 11.1 Å². The molecule has 2 heterocycles. The van der Waals surface area contributed by atoms with E-state index in [4.69, 9.17) is 4.98 Å². The van der Waals surface area contributed by atoms with Crippen molar-refractivity contribution in [1.29, 1.82) is 0 Å². The lowest BCUT2D eigenvalue weighted by Crippen LogP contribution is -1.87. The molecule has 0 N–H and O–H groups in total. The highest BCUT2D eigenvalue weighted by atomic mass is 15.0. The van der Waals surface area contributed by atoms with Gasteiger partial charge in [0.05, 0.1) is 11.2 Å². The Morgan fingerprint density at radius 1 is 0.773 bits per heavy atom. The second-order valence-electron chi connectivity index (χ2n) is 5.42. The minimum absolute atomic E-state index is 0.981. The Bertz CT molecular complexity index is 936. The highest BCUT2D eigenvalue weighted by molar-refractivity contribution is 5.82. The molecule has 0 bridgehead atoms. The number of fused-ring (bicyclic) bond motifs is 1. The van der Waals surface area contributed by atoms with Crippen molar-refractivity contribution >= 4 is 5.52 Å². The molecule has 4 rings (SSSR count). The maximum absolute atomic E-state index is 4.95. The maximum Gasteiger partial charge on any atom is 0.145 e. The van der Waals surface area contributed by atoms with Crippen molar-refractivity contribution in [3.8, 4) is 22.6 Å². The molecule has 2 aromatic carbocycles. The third-order valence-corrected chi connectivity index (χ3v) is 3.98. The van der Waals surface area contributed by atoms with Gasteiger partial charge in [0.2, 0.25) is 0 Å². The summed E-state index contributed by atoms with van der Waals surface area (Å²) in [6, 6.07) is 25.0. The summed E-state index contributed by atoms with van der Waals surface area (Å²) in [6.45, 7) is 2.13. The van der Waals surface area contributed by atoms with Gasteiger partial charge in [-0.15, -0.1) is 0 Å². The monoisotopic (exact) mass is 284 g/mol. The normalized spacial score (nSPS) is 11.0. The fourth-order valence-electron chi connectivity index (χ4n) is 2.87. The molecular weight excluding hydrogens is 268 g/mol. The summed E-state index contributed by atoms with van der Waals surface area (Å²) in [4.78, 5) is 4.95. The molecule has 0 amide bonds. The molecule has 0 saturated carbocycles. The first-order valence-electron chi connectivity index (χ1n) is 7.43. The number of aromatic nitrogens is 2. The van der Waals surface area contributed by atoms with Gasteiger partial charge in [-0.25, -0.2) is 4.98 Å². The van der Waals surface area contributed by atoms with Crippen LogP contribution in [0, 0.1) is 6.92 Å². The molecule has 2 aromatic heterocycles. The van der Waals surface area contributed by atoms with Gasteiger partial charge >= 0.3 is 0 Å². The summed E-state index contributed by atoms with van der Waals surface area (Å²) < 4.78 is 2.16. The minimum Gasteiger partial charge on any atom is -0.299 e. The highest BCUT2D eigenvalue weighted by Gasteiger charge is 2.14. The summed E-state index contributed by atoms with van der Waals surface area (Å²) in [5.41, 5.74) is 5.73. The molecule has 4 aromatic rings. The van der Waals surface area contributed by atoms with Crippen molar-refractivity contribution in [1.82, 2.24) is 9.38 Å². The smallest absolute Gasteiger partial charge is 0.145 e. The molecule has 0 aliphatic carbocycles. The van der Waals surface area contributed by atoms with Gasteiger partial charge in [-0.1, -0.05) is 60.7 Å². The Balaban J connectivity index is 2.04. The molecule has 0 unspecified atom stereocenters. The van der Waals surface area contributed by atoms with Gasteiger partial charge in [-0.2, -0.15) is 0 Å². The zero-order valence-electron chi connectivity index (χ0n) is 12.4. The van der Waals surface area contributed by atoms with Crippen LogP contribution in [0.2, 0.25) is 0 Å². The predicted molar refractivity (Wildman–Crippen MR) is 90.8 cm³/mol. The number of hydrogen-bond acceptors (Lipinski definition) is 1. The van der Waals surface area contributed by atoms with Crippen LogP contribution in [0.4, 0.5) is 0 Å². The van der Waals surface area contributed by atoms with E-state index in [0.29, 0.717) is 0 Å². The highest BCUT2D eigenvalue weighted by Crippen LogP contribution is 2.31. The number of pyridine rings is 1. The summed E-state index contributed by atoms with van der Waals surface area (Å²) in [5, 5.41) is 0. The van der Waals surface area contributed by atoms with E-state index in [0.717, 1.165) is 22.6 Å². The van der Waals surface area contributed by atoms with Crippen LogP contribution in [0.5, 0.6) is 0 Å². The first-order valence-corrected chi connectivity index (χ1v) is 7.43. The Kier molecular flexibility index (Phi) is 3.01. The Morgan fingerprint density at radius 2 is 1.50 bits per heavy atom. The number of nitrogens with zero attached hydrogens (tertiary/aromatic N) is 2. The van der Waals surface area contributed by atoms with Crippen LogP contribution >= 0.6 is 0 Å². The fraction of sp³-hybridized carbons (Fsp3) is 0.0500. The van der Waals surface area contributed by atoms with Crippen molar-refractivity contribution in [2.75, 3.05) is 0 Å². The Hall–Kier alpha value is -2.87. The first kappa shape index (κ1) is 12.8. The number of rotatable bonds is 2. The molecular formula is C20H16N2. The maximum atomic E-state index is 4.95.